The van der Waals surface area contributed by atoms with Crippen molar-refractivity contribution < 1.29 is 19.4 Å². The van der Waals surface area contributed by atoms with Crippen molar-refractivity contribution in [2.45, 2.75) is 13.3 Å². The predicted molar refractivity (Wildman–Crippen MR) is 77.9 cm³/mol. The van der Waals surface area contributed by atoms with Gasteiger partial charge in [0.1, 0.15) is 11.4 Å². The second kappa shape index (κ2) is 5.83. The zero-order valence-corrected chi connectivity index (χ0v) is 12.2. The fourth-order valence-corrected chi connectivity index (χ4v) is 2.21. The van der Waals surface area contributed by atoms with Gasteiger partial charge in [0, 0.05) is 24.4 Å². The first-order chi connectivity index (χ1) is 9.93. The third-order valence-corrected chi connectivity index (χ3v) is 3.38. The fourth-order valence-electron chi connectivity index (χ4n) is 2.21. The molecule has 0 radical (unpaired) electrons. The molecule has 0 aliphatic heterocycles. The highest BCUT2D eigenvalue weighted by molar-refractivity contribution is 6.10. The number of ketones is 1. The van der Waals surface area contributed by atoms with E-state index in [9.17, 15) is 9.59 Å². The minimum Gasteiger partial charge on any atom is -0.494 e. The summed E-state index contributed by atoms with van der Waals surface area (Å²) in [5.74, 6) is -0.752. The van der Waals surface area contributed by atoms with Gasteiger partial charge in [0.2, 0.25) is 5.78 Å². The number of methoxy groups -OCH3 is 1. The number of carboxylic acid groups (broad SMARTS) is 1. The van der Waals surface area contributed by atoms with Crippen molar-refractivity contribution in [1.82, 2.24) is 4.57 Å². The zero-order valence-electron chi connectivity index (χ0n) is 12.2. The molecule has 0 aliphatic carbocycles. The van der Waals surface area contributed by atoms with Gasteiger partial charge >= 0.3 is 5.97 Å². The summed E-state index contributed by atoms with van der Waals surface area (Å²) in [4.78, 5) is 23.5. The molecule has 21 heavy (non-hydrogen) atoms. The van der Waals surface area contributed by atoms with Crippen LogP contribution in [0.2, 0.25) is 0 Å². The third kappa shape index (κ3) is 2.97. The predicted octanol–water partition coefficient (Wildman–Crippen LogP) is 2.20. The maximum Gasteiger partial charge on any atom is 0.309 e. The van der Waals surface area contributed by atoms with Crippen LogP contribution in [0, 0.1) is 6.92 Å². The second-order valence-electron chi connectivity index (χ2n) is 4.88. The quantitative estimate of drug-likeness (QED) is 0.856. The smallest absolute Gasteiger partial charge is 0.309 e. The van der Waals surface area contributed by atoms with Crippen LogP contribution in [0.1, 0.15) is 27.3 Å². The summed E-state index contributed by atoms with van der Waals surface area (Å²) < 4.78 is 6.80. The topological polar surface area (TPSA) is 68.5 Å². The second-order valence-corrected chi connectivity index (χ2v) is 4.88. The summed E-state index contributed by atoms with van der Waals surface area (Å²) in [5, 5.41) is 8.91. The maximum atomic E-state index is 12.6. The van der Waals surface area contributed by atoms with E-state index in [1.54, 1.807) is 29.8 Å². The molecule has 0 fully saturated rings. The summed E-state index contributed by atoms with van der Waals surface area (Å²) in [6, 6.07) is 8.82. The largest absolute Gasteiger partial charge is 0.494 e. The van der Waals surface area contributed by atoms with Crippen LogP contribution in [-0.4, -0.2) is 28.5 Å². The van der Waals surface area contributed by atoms with Crippen molar-refractivity contribution in [3.8, 4) is 5.75 Å². The molecule has 1 aromatic carbocycles. The number of aliphatic carboxylic acids is 1. The van der Waals surface area contributed by atoms with E-state index in [2.05, 4.69) is 0 Å². The molecule has 5 heteroatoms. The van der Waals surface area contributed by atoms with Crippen LogP contribution in [-0.2, 0) is 18.3 Å². The zero-order chi connectivity index (χ0) is 15.6. The van der Waals surface area contributed by atoms with Gasteiger partial charge in [-0.1, -0.05) is 29.8 Å². The van der Waals surface area contributed by atoms with Gasteiger partial charge in [-0.3, -0.25) is 9.59 Å². The highest BCUT2D eigenvalue weighted by Crippen LogP contribution is 2.26. The monoisotopic (exact) mass is 287 g/mol. The Morgan fingerprint density at radius 3 is 2.38 bits per heavy atom. The van der Waals surface area contributed by atoms with Crippen molar-refractivity contribution >= 4 is 11.8 Å². The number of benzene rings is 1. The van der Waals surface area contributed by atoms with Crippen LogP contribution in [0.4, 0.5) is 0 Å². The van der Waals surface area contributed by atoms with Crippen LogP contribution >= 0.6 is 0 Å². The molecule has 0 atom stereocenters. The average molecular weight is 287 g/mol. The molecule has 0 amide bonds. The van der Waals surface area contributed by atoms with Crippen molar-refractivity contribution in [3.05, 3.63) is 52.8 Å². The lowest BCUT2D eigenvalue weighted by molar-refractivity contribution is -0.136. The molecule has 0 bridgehead atoms. The first-order valence-corrected chi connectivity index (χ1v) is 6.49. The molecular weight excluding hydrogens is 270 g/mol. The van der Waals surface area contributed by atoms with E-state index < -0.39 is 5.97 Å². The number of aromatic nitrogens is 1. The summed E-state index contributed by atoms with van der Waals surface area (Å²) in [6.07, 6.45) is -0.159. The van der Waals surface area contributed by atoms with Crippen LogP contribution in [0.3, 0.4) is 0 Å². The minimum absolute atomic E-state index is 0.159. The Kier molecular flexibility index (Phi) is 4.12. The third-order valence-electron chi connectivity index (χ3n) is 3.38. The van der Waals surface area contributed by atoms with Crippen molar-refractivity contribution in [2.75, 3.05) is 7.11 Å². The average Bonchev–Trinajstić information content (AvgIpc) is 2.75. The molecule has 1 aromatic heterocycles. The van der Waals surface area contributed by atoms with E-state index in [1.807, 2.05) is 19.1 Å². The van der Waals surface area contributed by atoms with Gasteiger partial charge in [-0.15, -0.1) is 0 Å². The van der Waals surface area contributed by atoms with Gasteiger partial charge in [-0.25, -0.2) is 0 Å². The van der Waals surface area contributed by atoms with Crippen LogP contribution < -0.4 is 4.74 Å². The van der Waals surface area contributed by atoms with E-state index >= 15 is 0 Å². The molecule has 0 unspecified atom stereocenters. The molecule has 1 heterocycles. The highest BCUT2D eigenvalue weighted by atomic mass is 16.5. The van der Waals surface area contributed by atoms with Gasteiger partial charge in [-0.2, -0.15) is 0 Å². The number of hydrogen-bond donors (Lipinski definition) is 1. The lowest BCUT2D eigenvalue weighted by Crippen LogP contribution is -2.12. The maximum absolute atomic E-state index is 12.6. The molecule has 110 valence electrons. The summed E-state index contributed by atoms with van der Waals surface area (Å²) in [7, 11) is 3.13. The van der Waals surface area contributed by atoms with Crippen molar-refractivity contribution in [3.63, 3.8) is 0 Å². The summed E-state index contributed by atoms with van der Waals surface area (Å²) >= 11 is 0. The number of aryl methyl sites for hydroxylation is 1. The Hall–Kier alpha value is -2.56. The van der Waals surface area contributed by atoms with E-state index in [4.69, 9.17) is 9.84 Å². The lowest BCUT2D eigenvalue weighted by Gasteiger charge is -2.07. The van der Waals surface area contributed by atoms with Crippen molar-refractivity contribution in [2.24, 2.45) is 7.05 Å². The van der Waals surface area contributed by atoms with Crippen molar-refractivity contribution in [1.29, 1.82) is 0 Å². The lowest BCUT2D eigenvalue weighted by atomic mass is 10.1. The highest BCUT2D eigenvalue weighted by Gasteiger charge is 2.22. The number of rotatable bonds is 5. The first kappa shape index (κ1) is 14.8. The molecule has 1 N–H and O–H groups in total. The van der Waals surface area contributed by atoms with Crippen LogP contribution in [0.5, 0.6) is 5.75 Å². The Balaban J connectivity index is 2.46. The number of carbonyl (C=O) groups is 2. The van der Waals surface area contributed by atoms with Gasteiger partial charge < -0.3 is 14.4 Å². The Morgan fingerprint density at radius 2 is 1.86 bits per heavy atom. The number of nitrogens with zero attached hydrogens (tertiary/aromatic N) is 1. The van der Waals surface area contributed by atoms with Gasteiger partial charge in [0.25, 0.3) is 0 Å². The van der Waals surface area contributed by atoms with E-state index in [0.29, 0.717) is 22.7 Å². The Morgan fingerprint density at radius 1 is 1.24 bits per heavy atom. The SMILES string of the molecule is COc1cc(CC(=O)O)n(C)c1C(=O)c1ccc(C)cc1. The van der Waals surface area contributed by atoms with E-state index in [-0.39, 0.29) is 12.2 Å². The normalized spacial score (nSPS) is 10.4. The van der Waals surface area contributed by atoms with E-state index in [0.717, 1.165) is 5.56 Å². The van der Waals surface area contributed by atoms with E-state index in [1.165, 1.54) is 7.11 Å². The number of hydrogen-bond acceptors (Lipinski definition) is 3. The van der Waals surface area contributed by atoms with Gasteiger partial charge in [-0.05, 0) is 6.92 Å². The molecule has 5 nitrogen and oxygen atoms in total. The van der Waals surface area contributed by atoms with Crippen LogP contribution in [0.15, 0.2) is 30.3 Å². The Labute approximate surface area is 122 Å². The molecular formula is C16H17NO4. The molecule has 2 rings (SSSR count). The Bertz CT molecular complexity index is 683. The van der Waals surface area contributed by atoms with Crippen LogP contribution in [0.25, 0.3) is 0 Å². The summed E-state index contributed by atoms with van der Waals surface area (Å²) in [5.41, 5.74) is 2.49. The molecule has 0 saturated carbocycles. The summed E-state index contributed by atoms with van der Waals surface area (Å²) in [6.45, 7) is 1.95. The molecule has 0 aliphatic rings. The number of ether oxygens (including phenoxy) is 1. The molecule has 2 aromatic rings. The van der Waals surface area contributed by atoms with Gasteiger partial charge in [0.05, 0.1) is 13.5 Å². The number of carboxylic acids is 1. The minimum atomic E-state index is -0.951. The molecule has 0 saturated heterocycles. The van der Waals surface area contributed by atoms with Gasteiger partial charge in [0.15, 0.2) is 0 Å². The standard InChI is InChI=1S/C16H17NO4/c1-10-4-6-11(7-5-10)16(20)15-13(21-3)8-12(17(15)2)9-14(18)19/h4-8H,9H2,1-3H3,(H,18,19). The molecule has 0 spiro atoms. The first-order valence-electron chi connectivity index (χ1n) is 6.49. The number of carbonyl (C=O) groups excluding carboxylic acids is 1. The fraction of sp³-hybridized carbons (Fsp3) is 0.250.